The molecule has 3 heterocycles. The first kappa shape index (κ1) is 38.5. The molecule has 3 rings (SSSR count). The standard InChI is InChI=1S/C31H55N4O5PS.CHN/c1-2-3-4-5-6-7-8-9-10-11-12-13-14-15-16-23-42-24-17-22-38-41(36,37)39-25-27-18-21-30(40-27)28-19-20-29-31(32)33-26-34-35(28)29;1-2/h19-20,26-27,30H,2-18,21-25H2,1H3,(H,36,37)(H2,32,33,34);1H. The molecule has 0 bridgehead atoms. The summed E-state index contributed by atoms with van der Waals surface area (Å²) in [7, 11) is -4.10. The second-order valence-corrected chi connectivity index (χ2v) is 14.2. The zero-order valence-corrected chi connectivity index (χ0v) is 28.5. The number of nitrogens with zero attached hydrogens (tertiary/aromatic N) is 4. The zero-order chi connectivity index (χ0) is 31.9. The van der Waals surface area contributed by atoms with Crippen molar-refractivity contribution in [1.29, 1.82) is 5.26 Å². The van der Waals surface area contributed by atoms with Crippen LogP contribution in [0, 0.1) is 11.8 Å². The second kappa shape index (κ2) is 23.6. The summed E-state index contributed by atoms with van der Waals surface area (Å²) in [5, 5.41) is 10.8. The summed E-state index contributed by atoms with van der Waals surface area (Å²) in [5.74, 6) is 2.48. The molecule has 1 aliphatic heterocycles. The maximum absolute atomic E-state index is 12.3. The lowest BCUT2D eigenvalue weighted by atomic mass is 10.0. The number of thioether (sulfide) groups is 1. The van der Waals surface area contributed by atoms with Crippen LogP contribution in [0.25, 0.3) is 5.52 Å². The molecule has 1 saturated heterocycles. The van der Waals surface area contributed by atoms with Crippen LogP contribution in [0.2, 0.25) is 0 Å². The Balaban J connectivity index is 0.00000330. The average Bonchev–Trinajstić information content (AvgIpc) is 3.68. The predicted octanol–water partition coefficient (Wildman–Crippen LogP) is 8.80. The molecule has 0 radical (unpaired) electrons. The largest absolute Gasteiger partial charge is 0.472 e. The Bertz CT molecular complexity index is 1090. The van der Waals surface area contributed by atoms with Crippen molar-refractivity contribution >= 4 is 30.9 Å². The molecule has 44 heavy (non-hydrogen) atoms. The van der Waals surface area contributed by atoms with Crippen LogP contribution in [0.1, 0.15) is 134 Å². The van der Waals surface area contributed by atoms with Gasteiger partial charge in [-0.3, -0.25) is 9.05 Å². The molecule has 0 aliphatic carbocycles. The number of hydrogen-bond acceptors (Lipinski definition) is 9. The van der Waals surface area contributed by atoms with Gasteiger partial charge in [0.2, 0.25) is 0 Å². The van der Waals surface area contributed by atoms with Gasteiger partial charge in [-0.1, -0.05) is 96.8 Å². The SMILES string of the molecule is C#N.CCCCCCCCCCCCCCCCCSCCCOP(=O)(O)OCC1CCC(c2ccc3c(N)ncnn23)O1. The van der Waals surface area contributed by atoms with Crippen LogP contribution in [0.15, 0.2) is 18.5 Å². The van der Waals surface area contributed by atoms with E-state index in [1.54, 1.807) is 4.52 Å². The molecule has 2 aromatic rings. The minimum atomic E-state index is -4.10. The third kappa shape index (κ3) is 15.6. The second-order valence-electron chi connectivity index (χ2n) is 11.5. The topological polar surface area (TPSA) is 145 Å². The summed E-state index contributed by atoms with van der Waals surface area (Å²) in [6, 6.07) is 3.79. The van der Waals surface area contributed by atoms with Gasteiger partial charge in [-0.2, -0.15) is 16.9 Å². The lowest BCUT2D eigenvalue weighted by Gasteiger charge is -2.16. The Kier molecular flexibility index (Phi) is 20.7. The van der Waals surface area contributed by atoms with E-state index in [9.17, 15) is 9.46 Å². The van der Waals surface area contributed by atoms with Crippen LogP contribution in [0.3, 0.4) is 0 Å². The number of anilines is 1. The third-order valence-electron chi connectivity index (χ3n) is 7.95. The Hall–Kier alpha value is -1.67. The van der Waals surface area contributed by atoms with Gasteiger partial charge in [0.1, 0.15) is 17.9 Å². The molecule has 1 fully saturated rings. The Morgan fingerprint density at radius 2 is 1.55 bits per heavy atom. The van der Waals surface area contributed by atoms with Crippen LogP contribution in [-0.4, -0.2) is 50.3 Å². The Morgan fingerprint density at radius 1 is 0.955 bits per heavy atom. The monoisotopic (exact) mass is 653 g/mol. The van der Waals surface area contributed by atoms with Gasteiger partial charge >= 0.3 is 7.82 Å². The number of nitriles is 1. The van der Waals surface area contributed by atoms with E-state index in [1.165, 1.54) is 103 Å². The fraction of sp³-hybridized carbons (Fsp3) is 0.781. The minimum Gasteiger partial charge on any atom is -0.382 e. The van der Waals surface area contributed by atoms with Crippen LogP contribution in [-0.2, 0) is 18.3 Å². The fourth-order valence-corrected chi connectivity index (χ4v) is 7.22. The van der Waals surface area contributed by atoms with E-state index >= 15 is 0 Å². The van der Waals surface area contributed by atoms with Gasteiger partial charge in [0, 0.05) is 6.57 Å². The van der Waals surface area contributed by atoms with Crippen LogP contribution >= 0.6 is 19.6 Å². The number of ether oxygens (including phenoxy) is 1. The summed E-state index contributed by atoms with van der Waals surface area (Å²) in [6.45, 7) is 6.00. The smallest absolute Gasteiger partial charge is 0.382 e. The van der Waals surface area contributed by atoms with E-state index < -0.39 is 7.82 Å². The van der Waals surface area contributed by atoms with Gasteiger partial charge < -0.3 is 15.4 Å². The molecule has 0 amide bonds. The van der Waals surface area contributed by atoms with Gasteiger partial charge in [-0.05, 0) is 49.3 Å². The molecule has 3 N–H and O–H groups in total. The number of rotatable bonds is 25. The van der Waals surface area contributed by atoms with Crippen molar-refractivity contribution in [2.45, 2.75) is 135 Å². The molecular formula is C32H56N5O5PS. The summed E-state index contributed by atoms with van der Waals surface area (Å²) in [4.78, 5) is 14.1. The van der Waals surface area contributed by atoms with Gasteiger partial charge in [0.15, 0.2) is 5.82 Å². The quantitative estimate of drug-likeness (QED) is 0.0787. The van der Waals surface area contributed by atoms with E-state index in [2.05, 4.69) is 23.6 Å². The summed E-state index contributed by atoms with van der Waals surface area (Å²) in [6.07, 6.45) is 23.9. The maximum atomic E-state index is 12.3. The van der Waals surface area contributed by atoms with Crippen LogP contribution in [0.5, 0.6) is 0 Å². The van der Waals surface area contributed by atoms with Gasteiger partial charge in [0.25, 0.3) is 0 Å². The van der Waals surface area contributed by atoms with Gasteiger partial charge in [0.05, 0.1) is 25.0 Å². The number of nitrogens with two attached hydrogens (primary N) is 1. The fourth-order valence-electron chi connectivity index (χ4n) is 5.50. The number of aromatic nitrogens is 3. The molecule has 250 valence electrons. The Morgan fingerprint density at radius 3 is 2.18 bits per heavy atom. The number of nitrogen functional groups attached to an aromatic ring is 1. The van der Waals surface area contributed by atoms with E-state index in [4.69, 9.17) is 24.8 Å². The van der Waals surface area contributed by atoms with Crippen LogP contribution < -0.4 is 5.73 Å². The van der Waals surface area contributed by atoms with E-state index in [0.717, 1.165) is 35.6 Å². The number of phosphoric ester groups is 1. The highest BCUT2D eigenvalue weighted by atomic mass is 32.2. The number of fused-ring (bicyclic) bond motifs is 1. The normalized spacial score (nSPS) is 17.8. The van der Waals surface area contributed by atoms with E-state index in [0.29, 0.717) is 12.2 Å². The molecule has 12 heteroatoms. The number of hydrogen-bond donors (Lipinski definition) is 2. The first-order valence-corrected chi connectivity index (χ1v) is 19.3. The zero-order valence-electron chi connectivity index (χ0n) is 26.8. The van der Waals surface area contributed by atoms with Crippen molar-refractivity contribution in [3.63, 3.8) is 0 Å². The molecule has 0 spiro atoms. The molecule has 2 aromatic heterocycles. The van der Waals surface area contributed by atoms with Gasteiger partial charge in [-0.15, -0.1) is 0 Å². The van der Waals surface area contributed by atoms with Crippen molar-refractivity contribution in [2.75, 3.05) is 30.5 Å². The van der Waals surface area contributed by atoms with Crippen LogP contribution in [0.4, 0.5) is 5.82 Å². The highest BCUT2D eigenvalue weighted by molar-refractivity contribution is 7.99. The average molecular weight is 654 g/mol. The van der Waals surface area contributed by atoms with Crippen molar-refractivity contribution in [1.82, 2.24) is 14.6 Å². The summed E-state index contributed by atoms with van der Waals surface area (Å²) in [5.41, 5.74) is 7.53. The van der Waals surface area contributed by atoms with Crippen molar-refractivity contribution < 1.29 is 23.2 Å². The highest BCUT2D eigenvalue weighted by Gasteiger charge is 2.31. The Labute approximate surface area is 269 Å². The minimum absolute atomic E-state index is 0.0126. The summed E-state index contributed by atoms with van der Waals surface area (Å²) < 4.78 is 30.5. The highest BCUT2D eigenvalue weighted by Crippen LogP contribution is 2.44. The van der Waals surface area contributed by atoms with Gasteiger partial charge in [-0.25, -0.2) is 19.3 Å². The first-order valence-electron chi connectivity index (χ1n) is 16.7. The van der Waals surface area contributed by atoms with Crippen molar-refractivity contribution in [3.05, 3.63) is 24.2 Å². The molecular weight excluding hydrogens is 597 g/mol. The first-order chi connectivity index (χ1) is 21.5. The number of unbranched alkanes of at least 4 members (excludes halogenated alkanes) is 14. The van der Waals surface area contributed by atoms with Crippen molar-refractivity contribution in [2.24, 2.45) is 0 Å². The molecule has 3 unspecified atom stereocenters. The van der Waals surface area contributed by atoms with Crippen molar-refractivity contribution in [3.8, 4) is 6.57 Å². The lowest BCUT2D eigenvalue weighted by Crippen LogP contribution is -2.15. The molecule has 3 atom stereocenters. The van der Waals surface area contributed by atoms with E-state index in [-0.39, 0.29) is 25.4 Å². The molecule has 0 aromatic carbocycles. The predicted molar refractivity (Wildman–Crippen MR) is 180 cm³/mol. The van der Waals surface area contributed by atoms with E-state index in [1.807, 2.05) is 23.9 Å². The lowest BCUT2D eigenvalue weighted by molar-refractivity contribution is 0.00498. The number of phosphoric acid groups is 1. The molecule has 0 saturated carbocycles. The summed E-state index contributed by atoms with van der Waals surface area (Å²) >= 11 is 1.89. The molecule has 10 nitrogen and oxygen atoms in total. The molecule has 1 aliphatic rings. The third-order valence-corrected chi connectivity index (χ3v) is 10.1. The maximum Gasteiger partial charge on any atom is 0.472 e.